The molecule has 2 heterocycles. The Morgan fingerprint density at radius 1 is 0.900 bits per heavy atom. The Labute approximate surface area is 177 Å². The van der Waals surface area contributed by atoms with Crippen molar-refractivity contribution in [2.24, 2.45) is 0 Å². The lowest BCUT2D eigenvalue weighted by Gasteiger charge is -2.11. The maximum absolute atomic E-state index is 4.65. The lowest BCUT2D eigenvalue weighted by Crippen LogP contribution is -2.26. The molecule has 6 nitrogen and oxygen atoms in total. The highest BCUT2D eigenvalue weighted by Gasteiger charge is 2.04. The summed E-state index contributed by atoms with van der Waals surface area (Å²) < 4.78 is 0. The zero-order chi connectivity index (χ0) is 20.8. The highest BCUT2D eigenvalue weighted by Crippen LogP contribution is 2.24. The van der Waals surface area contributed by atoms with Gasteiger partial charge in [-0.05, 0) is 67.2 Å². The van der Waals surface area contributed by atoms with Gasteiger partial charge < -0.3 is 15.5 Å². The van der Waals surface area contributed by atoms with Crippen LogP contribution in [0.15, 0.2) is 73.2 Å². The second-order valence-corrected chi connectivity index (χ2v) is 7.51. The van der Waals surface area contributed by atoms with E-state index in [4.69, 9.17) is 0 Å². The fourth-order valence-electron chi connectivity index (χ4n) is 3.19. The third-order valence-corrected chi connectivity index (χ3v) is 4.87. The van der Waals surface area contributed by atoms with Crippen LogP contribution < -0.4 is 10.6 Å². The predicted molar refractivity (Wildman–Crippen MR) is 123 cm³/mol. The van der Waals surface area contributed by atoms with Crippen molar-refractivity contribution in [1.82, 2.24) is 25.2 Å². The van der Waals surface area contributed by atoms with Crippen molar-refractivity contribution in [3.05, 3.63) is 78.8 Å². The second kappa shape index (κ2) is 9.43. The van der Waals surface area contributed by atoms with Gasteiger partial charge in [-0.3, -0.25) is 4.98 Å². The minimum atomic E-state index is 0.594. The van der Waals surface area contributed by atoms with Crippen LogP contribution in [-0.2, 0) is 6.54 Å². The maximum atomic E-state index is 4.65. The maximum Gasteiger partial charge on any atom is 0.227 e. The summed E-state index contributed by atoms with van der Waals surface area (Å²) >= 11 is 0. The zero-order valence-electron chi connectivity index (χ0n) is 17.3. The van der Waals surface area contributed by atoms with Crippen LogP contribution in [0.25, 0.3) is 22.0 Å². The molecule has 0 radical (unpaired) electrons. The Kier molecular flexibility index (Phi) is 6.27. The van der Waals surface area contributed by atoms with E-state index in [0.717, 1.165) is 47.4 Å². The van der Waals surface area contributed by atoms with E-state index in [2.05, 4.69) is 81.0 Å². The first-order valence-corrected chi connectivity index (χ1v) is 10.1. The van der Waals surface area contributed by atoms with Gasteiger partial charge in [0.2, 0.25) is 5.95 Å². The quantitative estimate of drug-likeness (QED) is 0.436. The molecule has 2 aromatic heterocycles. The van der Waals surface area contributed by atoms with E-state index >= 15 is 0 Å². The molecule has 0 atom stereocenters. The molecule has 0 spiro atoms. The number of anilines is 2. The third-order valence-electron chi connectivity index (χ3n) is 4.87. The number of benzene rings is 2. The van der Waals surface area contributed by atoms with Gasteiger partial charge in [-0.1, -0.05) is 18.2 Å². The minimum absolute atomic E-state index is 0.594. The van der Waals surface area contributed by atoms with Gasteiger partial charge in [0.25, 0.3) is 0 Å². The number of hydrogen-bond acceptors (Lipinski definition) is 6. The van der Waals surface area contributed by atoms with Gasteiger partial charge in [-0.25, -0.2) is 9.97 Å². The Morgan fingerprint density at radius 2 is 1.70 bits per heavy atom. The van der Waals surface area contributed by atoms with Gasteiger partial charge in [0.05, 0.1) is 5.52 Å². The summed E-state index contributed by atoms with van der Waals surface area (Å²) in [5.74, 6) is 0.594. The van der Waals surface area contributed by atoms with Crippen LogP contribution in [0.3, 0.4) is 0 Å². The number of nitrogens with zero attached hydrogens (tertiary/aromatic N) is 4. The van der Waals surface area contributed by atoms with Crippen molar-refractivity contribution in [1.29, 1.82) is 0 Å². The van der Waals surface area contributed by atoms with E-state index in [0.29, 0.717) is 5.95 Å². The number of nitrogens with one attached hydrogen (secondary N) is 2. The average molecular weight is 399 g/mol. The lowest BCUT2D eigenvalue weighted by molar-refractivity contribution is 0.400. The predicted octanol–water partition coefficient (Wildman–Crippen LogP) is 4.09. The lowest BCUT2D eigenvalue weighted by atomic mass is 10.1. The third kappa shape index (κ3) is 5.17. The van der Waals surface area contributed by atoms with Crippen molar-refractivity contribution in [3.63, 3.8) is 0 Å². The molecule has 152 valence electrons. The summed E-state index contributed by atoms with van der Waals surface area (Å²) in [7, 11) is 4.16. The molecule has 4 aromatic rings. The standard InChI is InChI=1S/C24H26N6/c1-30(2)14-13-26-16-18-3-6-22(7-4-18)28-24-27-17-21-15-20(5-8-23(21)29-24)19-9-11-25-12-10-19/h3-12,15,17,26H,13-14,16H2,1-2H3,(H,27,28,29). The fraction of sp³-hybridized carbons (Fsp3) is 0.208. The van der Waals surface area contributed by atoms with Crippen LogP contribution in [0.2, 0.25) is 0 Å². The van der Waals surface area contributed by atoms with Crippen LogP contribution in [-0.4, -0.2) is 47.0 Å². The topological polar surface area (TPSA) is 66.0 Å². The molecule has 0 bridgehead atoms. The number of rotatable bonds is 8. The first kappa shape index (κ1) is 19.9. The SMILES string of the molecule is CN(C)CCNCc1ccc(Nc2ncc3cc(-c4ccncc4)ccc3n2)cc1. The summed E-state index contributed by atoms with van der Waals surface area (Å²) in [6.07, 6.45) is 5.46. The van der Waals surface area contributed by atoms with E-state index in [1.54, 1.807) is 12.4 Å². The number of pyridine rings is 1. The first-order chi connectivity index (χ1) is 14.7. The van der Waals surface area contributed by atoms with Gasteiger partial charge in [0, 0.05) is 49.3 Å². The highest BCUT2D eigenvalue weighted by molar-refractivity contribution is 5.84. The second-order valence-electron chi connectivity index (χ2n) is 7.51. The van der Waals surface area contributed by atoms with Gasteiger partial charge in [-0.15, -0.1) is 0 Å². The van der Waals surface area contributed by atoms with E-state index < -0.39 is 0 Å². The first-order valence-electron chi connectivity index (χ1n) is 10.1. The molecular weight excluding hydrogens is 372 g/mol. The van der Waals surface area contributed by atoms with E-state index in [9.17, 15) is 0 Å². The molecule has 30 heavy (non-hydrogen) atoms. The molecule has 0 aliphatic rings. The molecule has 2 aromatic carbocycles. The van der Waals surface area contributed by atoms with Crippen LogP contribution in [0.4, 0.5) is 11.6 Å². The number of aromatic nitrogens is 3. The van der Waals surface area contributed by atoms with Gasteiger partial charge >= 0.3 is 0 Å². The van der Waals surface area contributed by atoms with Crippen molar-refractivity contribution in [3.8, 4) is 11.1 Å². The van der Waals surface area contributed by atoms with E-state index in [1.165, 1.54) is 5.56 Å². The molecule has 0 saturated heterocycles. The largest absolute Gasteiger partial charge is 0.324 e. The normalized spacial score (nSPS) is 11.2. The molecule has 2 N–H and O–H groups in total. The van der Waals surface area contributed by atoms with Crippen LogP contribution in [0.1, 0.15) is 5.56 Å². The Hall–Kier alpha value is -3.35. The van der Waals surface area contributed by atoms with Crippen molar-refractivity contribution in [2.75, 3.05) is 32.5 Å². The number of likely N-dealkylation sites (N-methyl/N-ethyl adjacent to an activating group) is 1. The molecule has 0 unspecified atom stereocenters. The molecule has 0 aliphatic carbocycles. The van der Waals surface area contributed by atoms with Crippen molar-refractivity contribution >= 4 is 22.5 Å². The minimum Gasteiger partial charge on any atom is -0.324 e. The van der Waals surface area contributed by atoms with Crippen molar-refractivity contribution < 1.29 is 0 Å². The average Bonchev–Trinajstić information content (AvgIpc) is 2.78. The Balaban J connectivity index is 1.41. The summed E-state index contributed by atoms with van der Waals surface area (Å²) in [6.45, 7) is 2.87. The fourth-order valence-corrected chi connectivity index (χ4v) is 3.19. The Morgan fingerprint density at radius 3 is 2.47 bits per heavy atom. The molecule has 0 saturated carbocycles. The summed E-state index contributed by atoms with van der Waals surface area (Å²) in [5, 5.41) is 7.75. The van der Waals surface area contributed by atoms with Gasteiger partial charge in [0.1, 0.15) is 0 Å². The molecule has 0 amide bonds. The zero-order valence-corrected chi connectivity index (χ0v) is 17.3. The summed E-state index contributed by atoms with van der Waals surface area (Å²) in [6, 6.07) is 18.6. The number of hydrogen-bond donors (Lipinski definition) is 2. The van der Waals surface area contributed by atoms with Crippen LogP contribution in [0, 0.1) is 0 Å². The molecule has 4 rings (SSSR count). The molecule has 0 fully saturated rings. The van der Waals surface area contributed by atoms with Gasteiger partial charge in [0.15, 0.2) is 0 Å². The summed E-state index contributed by atoms with van der Waals surface area (Å²) in [5.41, 5.74) is 5.39. The Bertz CT molecular complexity index is 1090. The van der Waals surface area contributed by atoms with E-state index in [-0.39, 0.29) is 0 Å². The van der Waals surface area contributed by atoms with Gasteiger partial charge in [-0.2, -0.15) is 0 Å². The molecule has 0 aliphatic heterocycles. The highest BCUT2D eigenvalue weighted by atomic mass is 15.1. The molecule has 6 heteroatoms. The summed E-state index contributed by atoms with van der Waals surface area (Å²) in [4.78, 5) is 15.4. The van der Waals surface area contributed by atoms with Crippen molar-refractivity contribution in [2.45, 2.75) is 6.54 Å². The monoisotopic (exact) mass is 398 g/mol. The molecular formula is C24H26N6. The van der Waals surface area contributed by atoms with Crippen LogP contribution in [0.5, 0.6) is 0 Å². The number of fused-ring (bicyclic) bond motifs is 1. The van der Waals surface area contributed by atoms with Crippen LogP contribution >= 0.6 is 0 Å². The smallest absolute Gasteiger partial charge is 0.227 e. The van der Waals surface area contributed by atoms with E-state index in [1.807, 2.05) is 24.4 Å².